The number of aliphatic hydroxyl groups excluding tert-OH is 1. The third-order valence-corrected chi connectivity index (χ3v) is 5.56. The van der Waals surface area contributed by atoms with Gasteiger partial charge in [-0.05, 0) is 42.3 Å². The Bertz CT molecular complexity index is 999. The maximum Gasteiger partial charge on any atom is 0.232 e. The molecule has 1 heterocycles. The van der Waals surface area contributed by atoms with Gasteiger partial charge in [0.05, 0.1) is 13.2 Å². The molecule has 0 radical (unpaired) electrons. The summed E-state index contributed by atoms with van der Waals surface area (Å²) >= 11 is 0. The molecule has 3 aromatic rings. The van der Waals surface area contributed by atoms with Gasteiger partial charge >= 0.3 is 0 Å². The minimum Gasteiger partial charge on any atom is -0.497 e. The summed E-state index contributed by atoms with van der Waals surface area (Å²) in [5.41, 5.74) is 1.85. The molecule has 1 aliphatic rings. The molecule has 0 saturated carbocycles. The average molecular weight is 483 g/mol. The first-order chi connectivity index (χ1) is 17.1. The highest BCUT2D eigenvalue weighted by Crippen LogP contribution is 2.29. The lowest BCUT2D eigenvalue weighted by molar-refractivity contribution is -0.434. The van der Waals surface area contributed by atoms with E-state index >= 15 is 0 Å². The molecule has 8 nitrogen and oxygen atoms in total. The maximum absolute atomic E-state index is 11.1. The van der Waals surface area contributed by atoms with Gasteiger partial charge in [0.2, 0.25) is 6.29 Å². The Balaban J connectivity index is 1.42. The molecule has 5 atom stereocenters. The zero-order valence-corrected chi connectivity index (χ0v) is 19.7. The van der Waals surface area contributed by atoms with Crippen molar-refractivity contribution in [3.63, 3.8) is 0 Å². The van der Waals surface area contributed by atoms with Crippen LogP contribution in [0.15, 0.2) is 84.9 Å². The predicted molar refractivity (Wildman–Crippen MR) is 126 cm³/mol. The van der Waals surface area contributed by atoms with Crippen LogP contribution in [0.25, 0.3) is 0 Å². The molecule has 0 bridgehead atoms. The van der Waals surface area contributed by atoms with Crippen LogP contribution in [0, 0.1) is 0 Å². The van der Waals surface area contributed by atoms with E-state index in [1.165, 1.54) is 0 Å². The van der Waals surface area contributed by atoms with E-state index in [4.69, 9.17) is 33.8 Å². The number of hydrogen-bond donors (Lipinski definition) is 1. The van der Waals surface area contributed by atoms with Gasteiger partial charge < -0.3 is 19.3 Å². The van der Waals surface area contributed by atoms with Crippen molar-refractivity contribution < 1.29 is 38.9 Å². The standard InChI is InChI=1S/C27H30O8/c1-19-25(34-30-17-20-9-5-3-6-10-20)24(28)26(35-31-18-21-11-7-4-8-12-21)27(32-19)33-23-15-13-22(29-2)14-16-23/h3-16,19,24-28H,17-18H2,1-2H3/t19-,24+,25-,26+,27?/m0/s1. The fourth-order valence-electron chi connectivity index (χ4n) is 3.62. The molecule has 0 aromatic heterocycles. The van der Waals surface area contributed by atoms with Crippen LogP contribution in [0.5, 0.6) is 11.5 Å². The zero-order valence-electron chi connectivity index (χ0n) is 19.7. The Hall–Kier alpha value is -2.98. The third kappa shape index (κ3) is 7.02. The van der Waals surface area contributed by atoms with Crippen LogP contribution in [0.1, 0.15) is 18.1 Å². The van der Waals surface area contributed by atoms with Gasteiger partial charge in [0, 0.05) is 0 Å². The Morgan fingerprint density at radius 3 is 1.77 bits per heavy atom. The number of benzene rings is 3. The van der Waals surface area contributed by atoms with E-state index in [0.29, 0.717) is 11.5 Å². The molecule has 3 aromatic carbocycles. The Morgan fingerprint density at radius 2 is 1.23 bits per heavy atom. The van der Waals surface area contributed by atoms with Gasteiger partial charge in [0.25, 0.3) is 0 Å². The van der Waals surface area contributed by atoms with Crippen LogP contribution in [0.2, 0.25) is 0 Å². The molecule has 1 fully saturated rings. The van der Waals surface area contributed by atoms with Crippen LogP contribution in [0.3, 0.4) is 0 Å². The first-order valence-corrected chi connectivity index (χ1v) is 11.4. The second-order valence-corrected chi connectivity index (χ2v) is 8.11. The van der Waals surface area contributed by atoms with E-state index in [2.05, 4.69) is 0 Å². The van der Waals surface area contributed by atoms with E-state index in [9.17, 15) is 5.11 Å². The van der Waals surface area contributed by atoms with Crippen molar-refractivity contribution in [3.05, 3.63) is 96.1 Å². The monoisotopic (exact) mass is 482 g/mol. The van der Waals surface area contributed by atoms with Crippen LogP contribution in [-0.2, 0) is 37.5 Å². The SMILES string of the molecule is COc1ccc(OC2O[C@@H](C)[C@H](OOCc3ccccc3)[C@@H](O)[C@H]2OOCc2ccccc2)cc1. The number of methoxy groups -OCH3 is 1. The van der Waals surface area contributed by atoms with Gasteiger partial charge in [-0.1, -0.05) is 60.7 Å². The van der Waals surface area contributed by atoms with Crippen molar-refractivity contribution in [1.29, 1.82) is 0 Å². The Kier molecular flexibility index (Phi) is 9.08. The zero-order chi connectivity index (χ0) is 24.5. The summed E-state index contributed by atoms with van der Waals surface area (Å²) in [5, 5.41) is 11.1. The molecule has 8 heteroatoms. The van der Waals surface area contributed by atoms with E-state index < -0.39 is 30.7 Å². The molecule has 0 amide bonds. The van der Waals surface area contributed by atoms with Crippen LogP contribution >= 0.6 is 0 Å². The smallest absolute Gasteiger partial charge is 0.232 e. The van der Waals surface area contributed by atoms with Crippen molar-refractivity contribution in [3.8, 4) is 11.5 Å². The van der Waals surface area contributed by atoms with Gasteiger partial charge in [-0.15, -0.1) is 0 Å². The topological polar surface area (TPSA) is 84.8 Å². The summed E-state index contributed by atoms with van der Waals surface area (Å²) in [6.07, 6.45) is -4.52. The molecule has 0 spiro atoms. The highest BCUT2D eigenvalue weighted by molar-refractivity contribution is 5.31. The Morgan fingerprint density at radius 1 is 0.714 bits per heavy atom. The minimum atomic E-state index is -1.16. The van der Waals surface area contributed by atoms with Crippen molar-refractivity contribution >= 4 is 0 Å². The van der Waals surface area contributed by atoms with Gasteiger partial charge in [0.15, 0.2) is 6.10 Å². The highest BCUT2D eigenvalue weighted by Gasteiger charge is 2.48. The number of rotatable bonds is 11. The van der Waals surface area contributed by atoms with Crippen molar-refractivity contribution in [2.45, 2.75) is 50.8 Å². The van der Waals surface area contributed by atoms with Crippen LogP contribution < -0.4 is 9.47 Å². The highest BCUT2D eigenvalue weighted by atomic mass is 17.2. The molecule has 186 valence electrons. The van der Waals surface area contributed by atoms with Crippen LogP contribution in [-0.4, -0.2) is 42.9 Å². The normalized spacial score (nSPS) is 24.1. The molecule has 1 saturated heterocycles. The largest absolute Gasteiger partial charge is 0.497 e. The first kappa shape index (κ1) is 25.1. The third-order valence-electron chi connectivity index (χ3n) is 5.56. The average Bonchev–Trinajstić information content (AvgIpc) is 2.89. The summed E-state index contributed by atoms with van der Waals surface area (Å²) in [6.45, 7) is 2.18. The summed E-state index contributed by atoms with van der Waals surface area (Å²) in [4.78, 5) is 22.0. The molecule has 1 unspecified atom stereocenters. The first-order valence-electron chi connectivity index (χ1n) is 11.4. The van der Waals surface area contributed by atoms with Crippen molar-refractivity contribution in [1.82, 2.24) is 0 Å². The lowest BCUT2D eigenvalue weighted by Crippen LogP contribution is -2.60. The lowest BCUT2D eigenvalue weighted by Gasteiger charge is -2.41. The molecule has 0 aliphatic carbocycles. The van der Waals surface area contributed by atoms with Gasteiger partial charge in [-0.3, -0.25) is 0 Å². The molecule has 1 N–H and O–H groups in total. The van der Waals surface area contributed by atoms with Crippen LogP contribution in [0.4, 0.5) is 0 Å². The summed E-state index contributed by atoms with van der Waals surface area (Å²) in [7, 11) is 1.59. The summed E-state index contributed by atoms with van der Waals surface area (Å²) in [5.74, 6) is 1.21. The Labute approximate surface area is 204 Å². The van der Waals surface area contributed by atoms with Gasteiger partial charge in [-0.25, -0.2) is 19.6 Å². The molecule has 35 heavy (non-hydrogen) atoms. The van der Waals surface area contributed by atoms with E-state index in [0.717, 1.165) is 11.1 Å². The van der Waals surface area contributed by atoms with Crippen molar-refractivity contribution in [2.24, 2.45) is 0 Å². The fraction of sp³-hybridized carbons (Fsp3) is 0.333. The second-order valence-electron chi connectivity index (χ2n) is 8.11. The minimum absolute atomic E-state index is 0.185. The summed E-state index contributed by atoms with van der Waals surface area (Å²) < 4.78 is 17.2. The van der Waals surface area contributed by atoms with E-state index in [1.807, 2.05) is 60.7 Å². The number of ether oxygens (including phenoxy) is 3. The fourth-order valence-corrected chi connectivity index (χ4v) is 3.62. The second kappa shape index (κ2) is 12.6. The molecule has 4 rings (SSSR count). The van der Waals surface area contributed by atoms with E-state index in [1.54, 1.807) is 38.3 Å². The van der Waals surface area contributed by atoms with Gasteiger partial charge in [0.1, 0.15) is 36.9 Å². The van der Waals surface area contributed by atoms with E-state index in [-0.39, 0.29) is 13.2 Å². The quantitative estimate of drug-likeness (QED) is 0.321. The predicted octanol–water partition coefficient (Wildman–Crippen LogP) is 4.21. The number of hydrogen-bond acceptors (Lipinski definition) is 8. The van der Waals surface area contributed by atoms with Gasteiger partial charge in [-0.2, -0.15) is 0 Å². The molecule has 1 aliphatic heterocycles. The number of aliphatic hydroxyl groups is 1. The molecular weight excluding hydrogens is 452 g/mol. The van der Waals surface area contributed by atoms with Crippen molar-refractivity contribution in [2.75, 3.05) is 7.11 Å². The summed E-state index contributed by atoms with van der Waals surface area (Å²) in [6, 6.07) is 26.2. The molecular formula is C27H30O8. The lowest BCUT2D eigenvalue weighted by atomic mass is 10.00. The maximum atomic E-state index is 11.1.